The molecule has 0 saturated carbocycles. The zero-order valence-corrected chi connectivity index (χ0v) is 11.1. The highest BCUT2D eigenvalue weighted by Crippen LogP contribution is 2.20. The minimum Gasteiger partial charge on any atom is -0.572 e. The van der Waals surface area contributed by atoms with Crippen molar-refractivity contribution in [3.63, 3.8) is 0 Å². The van der Waals surface area contributed by atoms with Crippen molar-refractivity contribution in [3.05, 3.63) is 20.7 Å². The van der Waals surface area contributed by atoms with Gasteiger partial charge in [-0.15, -0.1) is 11.3 Å². The molecule has 1 aromatic rings. The molecule has 2 N–H and O–H groups in total. The summed E-state index contributed by atoms with van der Waals surface area (Å²) in [4.78, 5) is 8.18. The molecule has 0 bridgehead atoms. The van der Waals surface area contributed by atoms with Gasteiger partial charge in [0.15, 0.2) is 4.47 Å². The fourth-order valence-electron chi connectivity index (χ4n) is 1.55. The van der Waals surface area contributed by atoms with Crippen LogP contribution in [0, 0.1) is 5.21 Å². The van der Waals surface area contributed by atoms with E-state index in [2.05, 4.69) is 10.1 Å². The van der Waals surface area contributed by atoms with Crippen molar-refractivity contribution in [2.45, 2.75) is 6.54 Å². The molecule has 1 aromatic heterocycles. The number of nitrogens with zero attached hydrogens (tertiary/aromatic N) is 4. The van der Waals surface area contributed by atoms with Crippen molar-refractivity contribution in [2.24, 2.45) is 5.10 Å². The summed E-state index contributed by atoms with van der Waals surface area (Å²) in [6.45, 7) is 1.05. The summed E-state index contributed by atoms with van der Waals surface area (Å²) in [5.74, 6) is 0.360. The van der Waals surface area contributed by atoms with Gasteiger partial charge in [0.25, 0.3) is 5.96 Å². The highest BCUT2D eigenvalue weighted by molar-refractivity contribution is 7.15. The molecular formula is C8H12ClN5O3S. The lowest BCUT2D eigenvalue weighted by Crippen LogP contribution is -3.00. The maximum atomic E-state index is 10.7. The molecule has 2 rings (SSSR count). The van der Waals surface area contributed by atoms with Crippen molar-refractivity contribution in [2.75, 3.05) is 20.5 Å². The summed E-state index contributed by atoms with van der Waals surface area (Å²) in [7, 11) is 1.72. The average Bonchev–Trinajstić information content (AvgIpc) is 2.69. The van der Waals surface area contributed by atoms with E-state index < -0.39 is 5.34 Å². The van der Waals surface area contributed by atoms with E-state index >= 15 is 0 Å². The Morgan fingerprint density at radius 3 is 3.11 bits per heavy atom. The standard InChI is InChI=1S/C8H12ClN5O3S/c1-12-4-17-5-13(8(12)11-14(15)16)3-6-2-10-7(9)18-6/h2,14-15H,3-5H2,1H3. The van der Waals surface area contributed by atoms with Crippen LogP contribution in [-0.4, -0.2) is 46.5 Å². The zero-order valence-electron chi connectivity index (χ0n) is 9.54. The quantitative estimate of drug-likeness (QED) is 0.732. The largest absolute Gasteiger partial charge is 0.572 e. The van der Waals surface area contributed by atoms with Gasteiger partial charge in [0.2, 0.25) is 0 Å². The van der Waals surface area contributed by atoms with Crippen LogP contribution in [0.25, 0.3) is 0 Å². The topological polar surface area (TPSA) is 88.7 Å². The summed E-state index contributed by atoms with van der Waals surface area (Å²) in [5, 5.41) is 21.8. The van der Waals surface area contributed by atoms with E-state index in [4.69, 9.17) is 21.5 Å². The van der Waals surface area contributed by atoms with Gasteiger partial charge in [-0.25, -0.2) is 4.98 Å². The van der Waals surface area contributed by atoms with Gasteiger partial charge in [-0.05, 0) is 5.10 Å². The smallest absolute Gasteiger partial charge is 0.263 e. The summed E-state index contributed by atoms with van der Waals surface area (Å²) >= 11 is 7.09. The Morgan fingerprint density at radius 2 is 2.50 bits per heavy atom. The molecule has 0 radical (unpaired) electrons. The van der Waals surface area contributed by atoms with E-state index in [1.54, 1.807) is 23.0 Å². The number of aromatic nitrogens is 1. The van der Waals surface area contributed by atoms with Gasteiger partial charge in [0.05, 0.1) is 6.54 Å². The molecule has 0 aliphatic carbocycles. The Bertz CT molecular complexity index is 440. The number of hydrogen-bond donors (Lipinski definition) is 2. The lowest BCUT2D eigenvalue weighted by atomic mass is 10.5. The fraction of sp³-hybridized carbons (Fsp3) is 0.500. The predicted octanol–water partition coefficient (Wildman–Crippen LogP) is -0.482. The van der Waals surface area contributed by atoms with Gasteiger partial charge < -0.3 is 19.7 Å². The molecule has 1 saturated heterocycles. The Kier molecular flexibility index (Phi) is 4.32. The average molecular weight is 294 g/mol. The van der Waals surface area contributed by atoms with Gasteiger partial charge in [-0.3, -0.25) is 0 Å². The van der Waals surface area contributed by atoms with Crippen LogP contribution in [0.2, 0.25) is 4.47 Å². The van der Waals surface area contributed by atoms with Gasteiger partial charge in [-0.2, -0.15) is 5.21 Å². The molecular weight excluding hydrogens is 282 g/mol. The van der Waals surface area contributed by atoms with Gasteiger partial charge in [-0.1, -0.05) is 16.9 Å². The van der Waals surface area contributed by atoms with Crippen molar-refractivity contribution in [1.29, 1.82) is 0 Å². The molecule has 1 unspecified atom stereocenters. The molecule has 0 amide bonds. The van der Waals surface area contributed by atoms with Crippen LogP contribution in [-0.2, 0) is 11.3 Å². The molecule has 100 valence electrons. The monoisotopic (exact) mass is 293 g/mol. The number of thiazole rings is 1. The number of hydrogen-bond acceptors (Lipinski definition) is 6. The Balaban J connectivity index is 2.13. The predicted molar refractivity (Wildman–Crippen MR) is 64.8 cm³/mol. The highest BCUT2D eigenvalue weighted by Gasteiger charge is 2.24. The molecule has 2 heterocycles. The van der Waals surface area contributed by atoms with Crippen LogP contribution in [0.1, 0.15) is 4.88 Å². The lowest BCUT2D eigenvalue weighted by molar-refractivity contribution is -1.05. The zero-order chi connectivity index (χ0) is 13.1. The van der Waals surface area contributed by atoms with Crippen molar-refractivity contribution >= 4 is 28.9 Å². The minimum absolute atomic E-state index is 0.284. The Hall–Kier alpha value is -0.970. The molecule has 10 heteroatoms. The van der Waals surface area contributed by atoms with Gasteiger partial charge in [0.1, 0.15) is 13.5 Å². The van der Waals surface area contributed by atoms with Crippen LogP contribution in [0.4, 0.5) is 0 Å². The normalized spacial score (nSPS) is 20.6. The molecule has 1 aliphatic heterocycles. The molecule has 0 aromatic carbocycles. The number of rotatable bonds is 3. The van der Waals surface area contributed by atoms with E-state index in [1.165, 1.54) is 11.3 Å². The number of quaternary nitrogens is 1. The van der Waals surface area contributed by atoms with Crippen molar-refractivity contribution in [1.82, 2.24) is 14.8 Å². The van der Waals surface area contributed by atoms with Crippen LogP contribution < -0.4 is 5.34 Å². The second-order valence-corrected chi connectivity index (χ2v) is 5.33. The highest BCUT2D eigenvalue weighted by atomic mass is 35.5. The number of ether oxygens (including phenoxy) is 1. The molecule has 1 atom stereocenters. The summed E-state index contributed by atoms with van der Waals surface area (Å²) < 4.78 is 5.77. The maximum Gasteiger partial charge on any atom is 0.263 e. The van der Waals surface area contributed by atoms with Crippen LogP contribution in [0.3, 0.4) is 0 Å². The number of guanidine groups is 1. The first-order valence-corrected chi connectivity index (χ1v) is 6.21. The molecule has 0 spiro atoms. The minimum atomic E-state index is -1.23. The SMILES string of the molecule is CN1COCN(Cc2cnc(Cl)s2)C1=N[NH+]([O-])O. The van der Waals surface area contributed by atoms with Gasteiger partial charge >= 0.3 is 0 Å². The van der Waals surface area contributed by atoms with Crippen molar-refractivity contribution in [3.8, 4) is 0 Å². The number of nitrogens with one attached hydrogen (secondary N) is 1. The van der Waals surface area contributed by atoms with E-state index in [0.29, 0.717) is 23.7 Å². The Labute approximate surface area is 112 Å². The fourth-order valence-corrected chi connectivity index (χ4v) is 2.54. The van der Waals surface area contributed by atoms with Crippen molar-refractivity contribution < 1.29 is 15.3 Å². The van der Waals surface area contributed by atoms with E-state index in [9.17, 15) is 5.21 Å². The molecule has 18 heavy (non-hydrogen) atoms. The third kappa shape index (κ3) is 3.28. The Morgan fingerprint density at radius 1 is 1.72 bits per heavy atom. The van der Waals surface area contributed by atoms with Gasteiger partial charge in [0, 0.05) is 18.1 Å². The third-order valence-electron chi connectivity index (χ3n) is 2.22. The second-order valence-electron chi connectivity index (χ2n) is 3.63. The molecule has 1 fully saturated rings. The van der Waals surface area contributed by atoms with Crippen LogP contribution in [0.5, 0.6) is 0 Å². The lowest BCUT2D eigenvalue weighted by Gasteiger charge is -2.35. The maximum absolute atomic E-state index is 10.7. The number of halogens is 1. The van der Waals surface area contributed by atoms with E-state index in [1.807, 2.05) is 0 Å². The van der Waals surface area contributed by atoms with Crippen LogP contribution >= 0.6 is 22.9 Å². The van der Waals surface area contributed by atoms with E-state index in [-0.39, 0.29) is 6.73 Å². The third-order valence-corrected chi connectivity index (χ3v) is 3.32. The summed E-state index contributed by atoms with van der Waals surface area (Å²) in [6.07, 6.45) is 1.65. The summed E-state index contributed by atoms with van der Waals surface area (Å²) in [5.41, 5.74) is 0. The van der Waals surface area contributed by atoms with Crippen LogP contribution in [0.15, 0.2) is 11.3 Å². The first-order valence-electron chi connectivity index (χ1n) is 5.02. The van der Waals surface area contributed by atoms with E-state index in [0.717, 1.165) is 4.88 Å². The summed E-state index contributed by atoms with van der Waals surface area (Å²) in [6, 6.07) is 0. The second kappa shape index (κ2) is 5.78. The molecule has 1 aliphatic rings. The molecule has 8 nitrogen and oxygen atoms in total. The first-order chi connectivity index (χ1) is 8.56. The first kappa shape index (κ1) is 13.5.